The van der Waals surface area contributed by atoms with E-state index in [2.05, 4.69) is 5.32 Å². The molecule has 0 aliphatic rings. The van der Waals surface area contributed by atoms with Crippen LogP contribution in [0.5, 0.6) is 5.75 Å². The van der Waals surface area contributed by atoms with E-state index in [0.717, 1.165) is 17.7 Å². The summed E-state index contributed by atoms with van der Waals surface area (Å²) in [7, 11) is 1.42. The number of carbonyl (C=O) groups excluding carboxylic acids is 1. The van der Waals surface area contributed by atoms with Gasteiger partial charge in [0.25, 0.3) is 0 Å². The first kappa shape index (κ1) is 28.8. The predicted octanol–water partition coefficient (Wildman–Crippen LogP) is 6.95. The van der Waals surface area contributed by atoms with Crippen molar-refractivity contribution < 1.29 is 32.6 Å². The molecule has 202 valence electrons. The summed E-state index contributed by atoms with van der Waals surface area (Å²) in [5.74, 6) is -0.679. The molecule has 2 N–H and O–H groups in total. The lowest BCUT2D eigenvalue weighted by Gasteiger charge is -2.26. The van der Waals surface area contributed by atoms with Crippen molar-refractivity contribution in [2.75, 3.05) is 13.7 Å². The number of aliphatic carboxylic acids is 1. The number of ether oxygens (including phenoxy) is 1. The van der Waals surface area contributed by atoms with E-state index in [0.29, 0.717) is 27.5 Å². The van der Waals surface area contributed by atoms with Gasteiger partial charge in [-0.3, -0.25) is 4.79 Å². The lowest BCUT2D eigenvalue weighted by Crippen LogP contribution is -2.40. The third kappa shape index (κ3) is 7.19. The predicted molar refractivity (Wildman–Crippen MR) is 139 cm³/mol. The average molecular weight is 549 g/mol. The Labute approximate surface area is 224 Å². The summed E-state index contributed by atoms with van der Waals surface area (Å²) in [4.78, 5) is 25.8. The SMILES string of the molecule is CCN(Cc1cc(C(F)(F)F)ccc1-c1cc(CC(=O)O)ccc1OC)C(=O)N[C@@H](C)c1ccc(Cl)cc1. The normalized spacial score (nSPS) is 12.1. The van der Waals surface area contributed by atoms with Gasteiger partial charge in [-0.25, -0.2) is 4.79 Å². The minimum absolute atomic E-state index is 0.124. The van der Waals surface area contributed by atoms with E-state index < -0.39 is 23.7 Å². The second-order valence-corrected chi connectivity index (χ2v) is 9.15. The smallest absolute Gasteiger partial charge is 0.416 e. The summed E-state index contributed by atoms with van der Waals surface area (Å²) < 4.78 is 46.3. The van der Waals surface area contributed by atoms with Crippen LogP contribution in [0.15, 0.2) is 60.7 Å². The molecule has 0 fully saturated rings. The summed E-state index contributed by atoms with van der Waals surface area (Å²) in [5.41, 5.74) is 1.49. The van der Waals surface area contributed by atoms with Crippen LogP contribution in [0.2, 0.25) is 5.02 Å². The van der Waals surface area contributed by atoms with E-state index in [1.807, 2.05) is 0 Å². The Morgan fingerprint density at radius 2 is 1.74 bits per heavy atom. The summed E-state index contributed by atoms with van der Waals surface area (Å²) in [6, 6.07) is 14.2. The topological polar surface area (TPSA) is 78.9 Å². The number of nitrogens with zero attached hydrogens (tertiary/aromatic N) is 1. The number of nitrogens with one attached hydrogen (secondary N) is 1. The van der Waals surface area contributed by atoms with Gasteiger partial charge in [-0.2, -0.15) is 13.2 Å². The van der Waals surface area contributed by atoms with Crippen molar-refractivity contribution in [1.82, 2.24) is 10.2 Å². The number of benzene rings is 3. The molecule has 10 heteroatoms. The summed E-state index contributed by atoms with van der Waals surface area (Å²) in [6.45, 7) is 3.63. The van der Waals surface area contributed by atoms with Gasteiger partial charge in [0.15, 0.2) is 0 Å². The molecule has 6 nitrogen and oxygen atoms in total. The third-order valence-corrected chi connectivity index (χ3v) is 6.33. The molecule has 0 saturated heterocycles. The number of hydrogen-bond acceptors (Lipinski definition) is 3. The molecule has 0 unspecified atom stereocenters. The maximum atomic E-state index is 13.6. The second-order valence-electron chi connectivity index (χ2n) is 8.71. The first-order valence-corrected chi connectivity index (χ1v) is 12.2. The Bertz CT molecular complexity index is 1300. The van der Waals surface area contributed by atoms with Crippen LogP contribution in [0.1, 0.15) is 42.1 Å². The minimum Gasteiger partial charge on any atom is -0.496 e. The molecule has 0 aliphatic heterocycles. The first-order chi connectivity index (χ1) is 17.9. The fraction of sp³-hybridized carbons (Fsp3) is 0.286. The molecular weight excluding hydrogens is 521 g/mol. The highest BCUT2D eigenvalue weighted by molar-refractivity contribution is 6.30. The number of urea groups is 1. The number of rotatable bonds is 9. The van der Waals surface area contributed by atoms with Crippen LogP contribution in [-0.2, 0) is 23.9 Å². The largest absolute Gasteiger partial charge is 0.496 e. The van der Waals surface area contributed by atoms with Crippen molar-refractivity contribution in [2.24, 2.45) is 0 Å². The van der Waals surface area contributed by atoms with Crippen LogP contribution in [0.4, 0.5) is 18.0 Å². The van der Waals surface area contributed by atoms with Gasteiger partial charge in [0.1, 0.15) is 5.75 Å². The lowest BCUT2D eigenvalue weighted by atomic mass is 9.94. The summed E-state index contributed by atoms with van der Waals surface area (Å²) in [6.07, 6.45) is -4.86. The fourth-order valence-electron chi connectivity index (χ4n) is 4.06. The third-order valence-electron chi connectivity index (χ3n) is 6.08. The molecule has 1 atom stereocenters. The summed E-state index contributed by atoms with van der Waals surface area (Å²) >= 11 is 5.94. The van der Waals surface area contributed by atoms with Crippen molar-refractivity contribution in [2.45, 2.75) is 39.0 Å². The van der Waals surface area contributed by atoms with E-state index in [-0.39, 0.29) is 31.1 Å². The quantitative estimate of drug-likeness (QED) is 0.303. The number of methoxy groups -OCH3 is 1. The standard InChI is InChI=1S/C28H28ClF3N2O4/c1-4-34(27(37)33-17(2)19-6-9-22(29)10-7-19)16-20-15-21(28(30,31)32)8-11-23(20)24-13-18(14-26(35)36)5-12-25(24)38-3/h5-13,15,17H,4,14,16H2,1-3H3,(H,33,37)(H,35,36)/t17-/m0/s1. The molecule has 3 rings (SSSR count). The molecule has 2 amide bonds. The molecule has 0 radical (unpaired) electrons. The first-order valence-electron chi connectivity index (χ1n) is 11.8. The van der Waals surface area contributed by atoms with Crippen LogP contribution in [0, 0.1) is 0 Å². The van der Waals surface area contributed by atoms with Crippen molar-refractivity contribution in [3.8, 4) is 16.9 Å². The molecule has 0 heterocycles. The number of carboxylic acid groups (broad SMARTS) is 1. The Balaban J connectivity index is 2.00. The zero-order valence-electron chi connectivity index (χ0n) is 21.1. The van der Waals surface area contributed by atoms with Gasteiger partial charge in [-0.15, -0.1) is 0 Å². The van der Waals surface area contributed by atoms with Crippen LogP contribution < -0.4 is 10.1 Å². The van der Waals surface area contributed by atoms with Crippen molar-refractivity contribution in [1.29, 1.82) is 0 Å². The van der Waals surface area contributed by atoms with E-state index in [1.165, 1.54) is 18.1 Å². The molecule has 0 aromatic heterocycles. The van der Waals surface area contributed by atoms with Gasteiger partial charge < -0.3 is 20.1 Å². The van der Waals surface area contributed by atoms with E-state index in [1.54, 1.807) is 56.3 Å². The monoisotopic (exact) mass is 548 g/mol. The molecule has 3 aromatic rings. The Kier molecular flexibility index (Phi) is 9.27. The zero-order chi connectivity index (χ0) is 28.0. The van der Waals surface area contributed by atoms with E-state index >= 15 is 0 Å². The van der Waals surface area contributed by atoms with Gasteiger partial charge in [0.05, 0.1) is 25.1 Å². The van der Waals surface area contributed by atoms with Crippen molar-refractivity contribution >= 4 is 23.6 Å². The fourth-order valence-corrected chi connectivity index (χ4v) is 4.18. The number of halogens is 4. The number of carbonyl (C=O) groups is 2. The van der Waals surface area contributed by atoms with Crippen LogP contribution >= 0.6 is 11.6 Å². The number of hydrogen-bond donors (Lipinski definition) is 2. The zero-order valence-corrected chi connectivity index (χ0v) is 21.9. The van der Waals surface area contributed by atoms with Crippen molar-refractivity contribution in [3.05, 3.63) is 87.9 Å². The van der Waals surface area contributed by atoms with Gasteiger partial charge in [-0.1, -0.05) is 35.9 Å². The molecule has 38 heavy (non-hydrogen) atoms. The summed E-state index contributed by atoms with van der Waals surface area (Å²) in [5, 5.41) is 12.6. The maximum Gasteiger partial charge on any atom is 0.416 e. The molecule has 0 saturated carbocycles. The van der Waals surface area contributed by atoms with Gasteiger partial charge in [0, 0.05) is 23.7 Å². The number of amides is 2. The van der Waals surface area contributed by atoms with Gasteiger partial charge >= 0.3 is 18.2 Å². The maximum absolute atomic E-state index is 13.6. The van der Waals surface area contributed by atoms with Gasteiger partial charge in [-0.05, 0) is 72.5 Å². The molecule has 0 spiro atoms. The number of alkyl halides is 3. The average Bonchev–Trinajstić information content (AvgIpc) is 2.86. The van der Waals surface area contributed by atoms with E-state index in [9.17, 15) is 27.9 Å². The molecule has 0 aliphatic carbocycles. The lowest BCUT2D eigenvalue weighted by molar-refractivity contribution is -0.138. The highest BCUT2D eigenvalue weighted by Crippen LogP contribution is 2.38. The molecule has 3 aromatic carbocycles. The van der Waals surface area contributed by atoms with Crippen molar-refractivity contribution in [3.63, 3.8) is 0 Å². The van der Waals surface area contributed by atoms with Crippen LogP contribution in [0.3, 0.4) is 0 Å². The second kappa shape index (κ2) is 12.2. The Hall–Kier alpha value is -3.72. The van der Waals surface area contributed by atoms with Crippen LogP contribution in [0.25, 0.3) is 11.1 Å². The highest BCUT2D eigenvalue weighted by Gasteiger charge is 2.32. The minimum atomic E-state index is -4.59. The van der Waals surface area contributed by atoms with Crippen LogP contribution in [-0.4, -0.2) is 35.7 Å². The number of carboxylic acids is 1. The Morgan fingerprint density at radius 3 is 2.32 bits per heavy atom. The van der Waals surface area contributed by atoms with E-state index in [4.69, 9.17) is 16.3 Å². The van der Waals surface area contributed by atoms with Gasteiger partial charge in [0.2, 0.25) is 0 Å². The molecular formula is C28H28ClF3N2O4. The molecule has 0 bridgehead atoms. The Morgan fingerprint density at radius 1 is 1.05 bits per heavy atom. The highest BCUT2D eigenvalue weighted by atomic mass is 35.5.